The third kappa shape index (κ3) is 3.43. The van der Waals surface area contributed by atoms with Crippen LogP contribution in [0.2, 0.25) is 0 Å². The molecule has 6 rings (SSSR count). The number of thiophene rings is 2. The van der Waals surface area contributed by atoms with Crippen LogP contribution in [-0.2, 0) is 5.41 Å². The minimum Gasteiger partial charge on any atom is -0.310 e. The third-order valence-electron chi connectivity index (χ3n) is 6.64. The molecule has 4 nitrogen and oxygen atoms in total. The minimum atomic E-state index is -0.177. The fourth-order valence-electron chi connectivity index (χ4n) is 5.00. The highest BCUT2D eigenvalue weighted by Crippen LogP contribution is 2.58. The van der Waals surface area contributed by atoms with Crippen molar-refractivity contribution >= 4 is 55.2 Å². The van der Waals surface area contributed by atoms with Gasteiger partial charge in [0.25, 0.3) is 5.70 Å². The van der Waals surface area contributed by atoms with Crippen LogP contribution in [0.3, 0.4) is 0 Å². The summed E-state index contributed by atoms with van der Waals surface area (Å²) in [5.74, 6) is 0. The Labute approximate surface area is 217 Å². The van der Waals surface area contributed by atoms with Crippen molar-refractivity contribution in [2.45, 2.75) is 19.3 Å². The first-order chi connectivity index (χ1) is 17.5. The number of fused-ring (bicyclic) bond motifs is 5. The van der Waals surface area contributed by atoms with Crippen molar-refractivity contribution < 1.29 is 0 Å². The number of benzene rings is 2. The molecule has 3 heterocycles. The summed E-state index contributed by atoms with van der Waals surface area (Å²) in [6.07, 6.45) is 5.34. The highest BCUT2D eigenvalue weighted by atomic mass is 32.1. The molecule has 0 atom stereocenters. The highest BCUT2D eigenvalue weighted by molar-refractivity contribution is 7.30. The maximum absolute atomic E-state index is 9.17. The normalized spacial score (nSPS) is 13.6. The fourth-order valence-corrected chi connectivity index (χ4v) is 7.94. The second-order valence-corrected chi connectivity index (χ2v) is 11.3. The van der Waals surface area contributed by atoms with Gasteiger partial charge in [-0.2, -0.15) is 0 Å². The molecule has 3 aromatic heterocycles. The molecular formula is C30H20N4S2. The van der Waals surface area contributed by atoms with Gasteiger partial charge in [0.2, 0.25) is 0 Å². The molecule has 0 bridgehead atoms. The van der Waals surface area contributed by atoms with E-state index in [1.54, 1.807) is 28.7 Å². The van der Waals surface area contributed by atoms with E-state index in [1.165, 1.54) is 31.0 Å². The lowest BCUT2D eigenvalue weighted by Gasteiger charge is -2.28. The van der Waals surface area contributed by atoms with Crippen molar-refractivity contribution in [3.8, 4) is 16.5 Å². The number of hydrogen-bond donors (Lipinski definition) is 0. The Bertz CT molecular complexity index is 1670. The van der Waals surface area contributed by atoms with Crippen molar-refractivity contribution in [2.75, 3.05) is 4.90 Å². The predicted octanol–water partition coefficient (Wildman–Crippen LogP) is 8.92. The number of allylic oxidation sites excluding steroid dienone is 1. The molecule has 0 spiro atoms. The summed E-state index contributed by atoms with van der Waals surface area (Å²) in [7, 11) is 0. The second-order valence-electron chi connectivity index (χ2n) is 9.13. The largest absolute Gasteiger partial charge is 0.310 e. The molecule has 0 aliphatic heterocycles. The lowest BCUT2D eigenvalue weighted by molar-refractivity contribution is 0.668. The zero-order valence-corrected chi connectivity index (χ0v) is 21.3. The van der Waals surface area contributed by atoms with Crippen molar-refractivity contribution in [3.63, 3.8) is 0 Å². The van der Waals surface area contributed by atoms with Gasteiger partial charge in [-0.1, -0.05) is 38.1 Å². The van der Waals surface area contributed by atoms with Crippen LogP contribution in [0.1, 0.15) is 29.9 Å². The Kier molecular flexibility index (Phi) is 5.23. The van der Waals surface area contributed by atoms with Crippen LogP contribution in [0, 0.1) is 17.9 Å². The van der Waals surface area contributed by atoms with E-state index in [0.29, 0.717) is 0 Å². The average molecular weight is 501 g/mol. The van der Waals surface area contributed by atoms with Gasteiger partial charge < -0.3 is 4.90 Å². The summed E-state index contributed by atoms with van der Waals surface area (Å²) in [6.45, 7) is 11.8. The first-order valence-electron chi connectivity index (χ1n) is 11.5. The number of nitriles is 1. The molecule has 0 unspecified atom stereocenters. The van der Waals surface area contributed by atoms with E-state index in [1.807, 2.05) is 36.7 Å². The SMILES string of the molecule is [C-]#[N+]/C(C#N)=C\c1cc2sc3c(c2s1)C(C)(C)c1cc(N(c2ccccc2)c2ccncc2)ccc1-3. The zero-order chi connectivity index (χ0) is 24.9. The average Bonchev–Trinajstić information content (AvgIpc) is 3.52. The van der Waals surface area contributed by atoms with E-state index in [4.69, 9.17) is 6.57 Å². The molecule has 2 aromatic carbocycles. The van der Waals surface area contributed by atoms with Crippen LogP contribution in [0.25, 0.3) is 30.8 Å². The molecule has 5 aromatic rings. The smallest absolute Gasteiger partial charge is 0.263 e. The zero-order valence-electron chi connectivity index (χ0n) is 19.7. The summed E-state index contributed by atoms with van der Waals surface area (Å²) >= 11 is 3.47. The molecule has 0 saturated carbocycles. The molecule has 1 aliphatic rings. The second kappa shape index (κ2) is 8.46. The fraction of sp³-hybridized carbons (Fsp3) is 0.100. The van der Waals surface area contributed by atoms with Crippen molar-refractivity contribution in [3.05, 3.63) is 112 Å². The van der Waals surface area contributed by atoms with E-state index in [9.17, 15) is 5.26 Å². The summed E-state index contributed by atoms with van der Waals surface area (Å²) in [5.41, 5.74) is 7.14. The number of hydrogen-bond acceptors (Lipinski definition) is 5. The summed E-state index contributed by atoms with van der Waals surface area (Å²) in [4.78, 5) is 12.1. The molecule has 0 saturated heterocycles. The maximum atomic E-state index is 9.17. The van der Waals surface area contributed by atoms with Gasteiger partial charge in [0.15, 0.2) is 0 Å². The number of anilines is 3. The Morgan fingerprint density at radius 1 is 1.00 bits per heavy atom. The molecule has 0 N–H and O–H groups in total. The Morgan fingerprint density at radius 2 is 1.75 bits per heavy atom. The highest BCUT2D eigenvalue weighted by Gasteiger charge is 2.40. The summed E-state index contributed by atoms with van der Waals surface area (Å²) in [6, 6.07) is 25.3. The first kappa shape index (κ1) is 22.2. The molecule has 172 valence electrons. The quantitative estimate of drug-likeness (QED) is 0.183. The van der Waals surface area contributed by atoms with Gasteiger partial charge in [-0.05, 0) is 65.2 Å². The van der Waals surface area contributed by atoms with Gasteiger partial charge in [0.05, 0.1) is 17.3 Å². The van der Waals surface area contributed by atoms with Crippen LogP contribution >= 0.6 is 22.7 Å². The van der Waals surface area contributed by atoms with Crippen LogP contribution in [0.5, 0.6) is 0 Å². The van der Waals surface area contributed by atoms with Crippen molar-refractivity contribution in [1.82, 2.24) is 4.98 Å². The Balaban J connectivity index is 1.49. The maximum Gasteiger partial charge on any atom is 0.263 e. The van der Waals surface area contributed by atoms with Crippen LogP contribution in [-0.4, -0.2) is 4.98 Å². The van der Waals surface area contributed by atoms with E-state index in [2.05, 4.69) is 77.1 Å². The van der Waals surface area contributed by atoms with Crippen LogP contribution < -0.4 is 4.90 Å². The topological polar surface area (TPSA) is 44.3 Å². The Morgan fingerprint density at radius 3 is 2.47 bits per heavy atom. The third-order valence-corrected chi connectivity index (χ3v) is 9.04. The monoisotopic (exact) mass is 500 g/mol. The number of aromatic nitrogens is 1. The van der Waals surface area contributed by atoms with Gasteiger partial charge in [0, 0.05) is 49.3 Å². The van der Waals surface area contributed by atoms with Gasteiger partial charge in [-0.3, -0.25) is 4.98 Å². The molecular weight excluding hydrogens is 480 g/mol. The van der Waals surface area contributed by atoms with Crippen molar-refractivity contribution in [1.29, 1.82) is 5.26 Å². The van der Waals surface area contributed by atoms with E-state index < -0.39 is 0 Å². The van der Waals surface area contributed by atoms with E-state index in [-0.39, 0.29) is 11.1 Å². The van der Waals surface area contributed by atoms with Crippen LogP contribution in [0.15, 0.2) is 84.8 Å². The summed E-state index contributed by atoms with van der Waals surface area (Å²) in [5, 5.41) is 9.17. The summed E-state index contributed by atoms with van der Waals surface area (Å²) < 4.78 is 2.46. The number of para-hydroxylation sites is 1. The van der Waals surface area contributed by atoms with E-state index >= 15 is 0 Å². The molecule has 1 aliphatic carbocycles. The van der Waals surface area contributed by atoms with Gasteiger partial charge in [-0.15, -0.1) is 22.7 Å². The lowest BCUT2D eigenvalue weighted by atomic mass is 9.82. The molecule has 0 fully saturated rings. The predicted molar refractivity (Wildman–Crippen MR) is 150 cm³/mol. The minimum absolute atomic E-state index is 0.116. The van der Waals surface area contributed by atoms with Crippen molar-refractivity contribution in [2.24, 2.45) is 0 Å². The first-order valence-corrected chi connectivity index (χ1v) is 13.1. The molecule has 0 amide bonds. The number of rotatable bonds is 4. The van der Waals surface area contributed by atoms with Gasteiger partial charge in [0.1, 0.15) is 0 Å². The number of pyridine rings is 1. The number of nitrogens with zero attached hydrogens (tertiary/aromatic N) is 4. The van der Waals surface area contributed by atoms with Crippen LogP contribution in [0.4, 0.5) is 17.1 Å². The molecule has 0 radical (unpaired) electrons. The molecule has 36 heavy (non-hydrogen) atoms. The Hall–Kier alpha value is -4.23. The van der Waals surface area contributed by atoms with Gasteiger partial charge in [-0.25, -0.2) is 10.1 Å². The standard InChI is InChI=1S/C30H20N4S2/c1-30(2)25-16-22(34(20-7-5-4-6-8-20)21-11-13-33-14-12-21)9-10-24(25)28-27(30)29-26(36-28)17-23(35-29)15-19(18-31)32-3/h4-17H,1-2H3/b19-15-. The van der Waals surface area contributed by atoms with E-state index in [0.717, 1.165) is 21.9 Å². The lowest BCUT2D eigenvalue weighted by Crippen LogP contribution is -2.16. The van der Waals surface area contributed by atoms with Gasteiger partial charge >= 0.3 is 0 Å². The molecule has 6 heteroatoms.